The lowest BCUT2D eigenvalue weighted by molar-refractivity contribution is 0.0697. The van der Waals surface area contributed by atoms with Crippen LogP contribution in [0.4, 0.5) is 10.5 Å². The molecule has 112 valence electrons. The smallest absolute Gasteiger partial charge is 0.335 e. The van der Waals surface area contributed by atoms with Gasteiger partial charge in [0.25, 0.3) is 0 Å². The zero-order valence-electron chi connectivity index (χ0n) is 11.4. The number of fused-ring (bicyclic) bond motifs is 2. The number of halogens is 1. The van der Waals surface area contributed by atoms with E-state index in [1.807, 2.05) is 0 Å². The lowest BCUT2D eigenvalue weighted by atomic mass is 9.95. The number of carboxylic acid groups (broad SMARTS) is 1. The van der Waals surface area contributed by atoms with E-state index in [1.165, 1.54) is 37.5 Å². The second-order valence-electron chi connectivity index (χ2n) is 5.88. The average molecular weight is 309 g/mol. The van der Waals surface area contributed by atoms with Gasteiger partial charge in [-0.15, -0.1) is 0 Å². The van der Waals surface area contributed by atoms with Crippen LogP contribution in [0.2, 0.25) is 5.02 Å². The van der Waals surface area contributed by atoms with Gasteiger partial charge in [0.15, 0.2) is 0 Å². The Balaban J connectivity index is 1.64. The van der Waals surface area contributed by atoms with Crippen molar-refractivity contribution in [2.45, 2.75) is 31.7 Å². The molecule has 0 aromatic heterocycles. The Morgan fingerprint density at radius 2 is 2.05 bits per heavy atom. The molecule has 3 unspecified atom stereocenters. The maximum Gasteiger partial charge on any atom is 0.335 e. The minimum atomic E-state index is -1.05. The first-order valence-electron chi connectivity index (χ1n) is 7.13. The number of rotatable bonds is 3. The zero-order chi connectivity index (χ0) is 15.0. The van der Waals surface area contributed by atoms with Gasteiger partial charge < -0.3 is 15.7 Å². The number of anilines is 1. The van der Waals surface area contributed by atoms with Gasteiger partial charge in [-0.1, -0.05) is 18.0 Å². The summed E-state index contributed by atoms with van der Waals surface area (Å²) >= 11 is 5.99. The predicted molar refractivity (Wildman–Crippen MR) is 79.8 cm³/mol. The molecule has 3 atom stereocenters. The maximum absolute atomic E-state index is 12.0. The summed E-state index contributed by atoms with van der Waals surface area (Å²) in [6.45, 7) is 0. The van der Waals surface area contributed by atoms with E-state index in [0.29, 0.717) is 16.6 Å². The van der Waals surface area contributed by atoms with Crippen LogP contribution in [-0.4, -0.2) is 23.1 Å². The third-order valence-electron chi connectivity index (χ3n) is 4.52. The van der Waals surface area contributed by atoms with Gasteiger partial charge in [-0.05, 0) is 49.3 Å². The quantitative estimate of drug-likeness (QED) is 0.801. The molecule has 2 amide bonds. The second kappa shape index (κ2) is 5.56. The van der Waals surface area contributed by atoms with Gasteiger partial charge in [-0.25, -0.2) is 9.59 Å². The lowest BCUT2D eigenvalue weighted by Gasteiger charge is -2.23. The van der Waals surface area contributed by atoms with E-state index in [0.717, 1.165) is 12.3 Å². The molecule has 0 aliphatic heterocycles. The largest absolute Gasteiger partial charge is 0.478 e. The van der Waals surface area contributed by atoms with Gasteiger partial charge in [0, 0.05) is 6.04 Å². The van der Waals surface area contributed by atoms with Crippen LogP contribution in [-0.2, 0) is 0 Å². The van der Waals surface area contributed by atoms with E-state index in [2.05, 4.69) is 10.6 Å². The number of carbonyl (C=O) groups is 2. The topological polar surface area (TPSA) is 78.4 Å². The van der Waals surface area contributed by atoms with Crippen LogP contribution in [0.5, 0.6) is 0 Å². The standard InChI is InChI=1S/C15H17ClN2O3/c16-11-4-3-10(14(19)20)7-13(11)18-15(21)17-12-6-8-1-2-9(12)5-8/h3-4,7-9,12H,1-2,5-6H2,(H,19,20)(H2,17,18,21). The minimum Gasteiger partial charge on any atom is -0.478 e. The number of hydrogen-bond acceptors (Lipinski definition) is 2. The molecule has 0 radical (unpaired) electrons. The second-order valence-corrected chi connectivity index (χ2v) is 6.29. The van der Waals surface area contributed by atoms with Gasteiger partial charge in [0.1, 0.15) is 0 Å². The molecule has 1 aromatic carbocycles. The lowest BCUT2D eigenvalue weighted by Crippen LogP contribution is -2.41. The number of amides is 2. The molecule has 6 heteroatoms. The van der Waals surface area contributed by atoms with Crippen molar-refractivity contribution in [3.63, 3.8) is 0 Å². The number of aromatic carboxylic acids is 1. The summed E-state index contributed by atoms with van der Waals surface area (Å²) in [7, 11) is 0. The van der Waals surface area contributed by atoms with Crippen molar-refractivity contribution in [2.24, 2.45) is 11.8 Å². The molecule has 5 nitrogen and oxygen atoms in total. The molecule has 0 saturated heterocycles. The average Bonchev–Trinajstić information content (AvgIpc) is 3.03. The Morgan fingerprint density at radius 3 is 2.67 bits per heavy atom. The molecule has 2 bridgehead atoms. The Kier molecular flexibility index (Phi) is 3.76. The molecule has 1 aromatic rings. The van der Waals surface area contributed by atoms with Crippen LogP contribution >= 0.6 is 11.6 Å². The van der Waals surface area contributed by atoms with E-state index in [9.17, 15) is 9.59 Å². The fraction of sp³-hybridized carbons (Fsp3) is 0.467. The molecule has 0 spiro atoms. The highest BCUT2D eigenvalue weighted by molar-refractivity contribution is 6.33. The van der Waals surface area contributed by atoms with Crippen molar-refractivity contribution in [1.29, 1.82) is 0 Å². The summed E-state index contributed by atoms with van der Waals surface area (Å²) in [5.74, 6) is 0.282. The van der Waals surface area contributed by atoms with E-state index in [1.54, 1.807) is 0 Å². The summed E-state index contributed by atoms with van der Waals surface area (Å²) in [5, 5.41) is 14.9. The van der Waals surface area contributed by atoms with Crippen LogP contribution in [0.3, 0.4) is 0 Å². The summed E-state index contributed by atoms with van der Waals surface area (Å²) in [6.07, 6.45) is 4.71. The van der Waals surface area contributed by atoms with Gasteiger partial charge in [-0.2, -0.15) is 0 Å². The maximum atomic E-state index is 12.0. The molecule has 3 N–H and O–H groups in total. The fourth-order valence-electron chi connectivity index (χ4n) is 3.50. The summed E-state index contributed by atoms with van der Waals surface area (Å²) in [5.41, 5.74) is 0.409. The summed E-state index contributed by atoms with van der Waals surface area (Å²) < 4.78 is 0. The monoisotopic (exact) mass is 308 g/mol. The molecule has 2 saturated carbocycles. The molecule has 2 aliphatic carbocycles. The van der Waals surface area contributed by atoms with Crippen molar-refractivity contribution < 1.29 is 14.7 Å². The molecule has 2 fully saturated rings. The Hall–Kier alpha value is -1.75. The third kappa shape index (κ3) is 2.97. The number of carbonyl (C=O) groups excluding carboxylic acids is 1. The van der Waals surface area contributed by atoms with Crippen molar-refractivity contribution in [3.8, 4) is 0 Å². The van der Waals surface area contributed by atoms with E-state index < -0.39 is 5.97 Å². The van der Waals surface area contributed by atoms with Gasteiger partial charge >= 0.3 is 12.0 Å². The minimum absolute atomic E-state index is 0.0922. The zero-order valence-corrected chi connectivity index (χ0v) is 12.2. The van der Waals surface area contributed by atoms with E-state index >= 15 is 0 Å². The molecule has 3 rings (SSSR count). The number of hydrogen-bond donors (Lipinski definition) is 3. The SMILES string of the molecule is O=C(Nc1cc(C(=O)O)ccc1Cl)NC1CC2CCC1C2. The highest BCUT2D eigenvalue weighted by atomic mass is 35.5. The Morgan fingerprint density at radius 1 is 1.24 bits per heavy atom. The van der Waals surface area contributed by atoms with Gasteiger partial charge in [-0.3, -0.25) is 0 Å². The van der Waals surface area contributed by atoms with Gasteiger partial charge in [0.05, 0.1) is 16.3 Å². The Labute approximate surface area is 127 Å². The highest BCUT2D eigenvalue weighted by Gasteiger charge is 2.40. The number of carboxylic acids is 1. The van der Waals surface area contributed by atoms with Crippen LogP contribution < -0.4 is 10.6 Å². The van der Waals surface area contributed by atoms with E-state index in [4.69, 9.17) is 16.7 Å². The number of benzene rings is 1. The third-order valence-corrected chi connectivity index (χ3v) is 4.85. The van der Waals surface area contributed by atoms with E-state index in [-0.39, 0.29) is 17.6 Å². The first-order valence-corrected chi connectivity index (χ1v) is 7.51. The summed E-state index contributed by atoms with van der Waals surface area (Å²) in [6, 6.07) is 4.15. The molecular formula is C15H17ClN2O3. The van der Waals surface area contributed by atoms with Crippen molar-refractivity contribution >= 4 is 29.3 Å². The fourth-order valence-corrected chi connectivity index (χ4v) is 3.67. The van der Waals surface area contributed by atoms with Crippen LogP contribution in [0.15, 0.2) is 18.2 Å². The highest BCUT2D eigenvalue weighted by Crippen LogP contribution is 2.44. The first kappa shape index (κ1) is 14.2. The molecule has 0 heterocycles. The number of nitrogens with one attached hydrogen (secondary N) is 2. The summed E-state index contributed by atoms with van der Waals surface area (Å²) in [4.78, 5) is 23.0. The predicted octanol–water partition coefficient (Wildman–Crippen LogP) is 3.35. The van der Waals surface area contributed by atoms with Gasteiger partial charge in [0.2, 0.25) is 0 Å². The van der Waals surface area contributed by atoms with Crippen molar-refractivity contribution in [2.75, 3.05) is 5.32 Å². The van der Waals surface area contributed by atoms with Crippen LogP contribution in [0.25, 0.3) is 0 Å². The normalized spacial score (nSPS) is 26.6. The number of urea groups is 1. The molecular weight excluding hydrogens is 292 g/mol. The van der Waals surface area contributed by atoms with Crippen LogP contribution in [0, 0.1) is 11.8 Å². The molecule has 2 aliphatic rings. The van der Waals surface area contributed by atoms with Crippen molar-refractivity contribution in [1.82, 2.24) is 5.32 Å². The first-order chi connectivity index (χ1) is 10.0. The van der Waals surface area contributed by atoms with Crippen LogP contribution in [0.1, 0.15) is 36.0 Å². The van der Waals surface area contributed by atoms with Crippen molar-refractivity contribution in [3.05, 3.63) is 28.8 Å². The molecule has 21 heavy (non-hydrogen) atoms. The Bertz CT molecular complexity index is 590.